The number of rotatable bonds is 5. The van der Waals surface area contributed by atoms with Gasteiger partial charge >= 0.3 is 0 Å². The van der Waals surface area contributed by atoms with Crippen molar-refractivity contribution in [1.82, 2.24) is 19.7 Å². The number of likely N-dealkylation sites (N-methyl/N-ethyl adjacent to an activating group) is 1. The summed E-state index contributed by atoms with van der Waals surface area (Å²) in [5, 5.41) is 8.20. The zero-order valence-electron chi connectivity index (χ0n) is 15.3. The summed E-state index contributed by atoms with van der Waals surface area (Å²) in [6.07, 6.45) is 2.96. The van der Waals surface area contributed by atoms with E-state index in [0.717, 1.165) is 21.8 Å². The lowest BCUT2D eigenvalue weighted by Crippen LogP contribution is -2.38. The number of carbonyl (C=O) groups is 1. The first kappa shape index (κ1) is 18.6. The third-order valence-corrected chi connectivity index (χ3v) is 6.07. The molecule has 1 aliphatic rings. The highest BCUT2D eigenvalue weighted by Gasteiger charge is 2.33. The van der Waals surface area contributed by atoms with Gasteiger partial charge in [-0.25, -0.2) is 9.67 Å². The Bertz CT molecular complexity index is 1000. The van der Waals surface area contributed by atoms with Crippen molar-refractivity contribution < 1.29 is 9.63 Å². The van der Waals surface area contributed by atoms with Gasteiger partial charge in [-0.05, 0) is 36.8 Å². The highest BCUT2D eigenvalue weighted by molar-refractivity contribution is 7.18. The van der Waals surface area contributed by atoms with Gasteiger partial charge in [-0.2, -0.15) is 5.10 Å². The first-order valence-electron chi connectivity index (χ1n) is 8.73. The topological polar surface area (TPSA) is 72.6 Å². The van der Waals surface area contributed by atoms with E-state index in [4.69, 9.17) is 16.4 Å². The molecule has 3 aromatic rings. The largest absolute Gasteiger partial charge is 0.382 e. The molecule has 0 saturated heterocycles. The van der Waals surface area contributed by atoms with Crippen molar-refractivity contribution in [3.63, 3.8) is 0 Å². The lowest BCUT2D eigenvalue weighted by Gasteiger charge is -2.27. The second-order valence-electron chi connectivity index (χ2n) is 6.50. The van der Waals surface area contributed by atoms with E-state index in [1.54, 1.807) is 23.0 Å². The third kappa shape index (κ3) is 3.65. The van der Waals surface area contributed by atoms with Crippen LogP contribution in [-0.4, -0.2) is 44.4 Å². The summed E-state index contributed by atoms with van der Waals surface area (Å²) < 4.78 is 2.37. The van der Waals surface area contributed by atoms with Crippen LogP contribution in [0.15, 0.2) is 54.2 Å². The molecule has 7 nitrogen and oxygen atoms in total. The SMILES string of the molecule is CC(c1ccc(-n2cncn2)cc1)N(C)C(=O)C1CC(c2ccc(Cl)s2)=NO1. The number of amides is 1. The number of halogens is 1. The van der Waals surface area contributed by atoms with Gasteiger partial charge < -0.3 is 9.74 Å². The van der Waals surface area contributed by atoms with Crippen LogP contribution in [0, 0.1) is 0 Å². The molecule has 1 aliphatic heterocycles. The van der Waals surface area contributed by atoms with Crippen LogP contribution in [0.4, 0.5) is 0 Å². The average Bonchev–Trinajstić information content (AvgIpc) is 3.47. The fourth-order valence-corrected chi connectivity index (χ4v) is 4.05. The maximum atomic E-state index is 12.9. The first-order chi connectivity index (χ1) is 13.5. The second kappa shape index (κ2) is 7.73. The summed E-state index contributed by atoms with van der Waals surface area (Å²) in [6, 6.07) is 11.5. The summed E-state index contributed by atoms with van der Waals surface area (Å²) in [5.41, 5.74) is 2.69. The monoisotopic (exact) mass is 415 g/mol. The van der Waals surface area contributed by atoms with Crippen LogP contribution in [0.2, 0.25) is 4.34 Å². The van der Waals surface area contributed by atoms with E-state index in [2.05, 4.69) is 15.2 Å². The minimum Gasteiger partial charge on any atom is -0.382 e. The molecule has 144 valence electrons. The molecule has 28 heavy (non-hydrogen) atoms. The molecule has 0 aliphatic carbocycles. The van der Waals surface area contributed by atoms with E-state index in [1.165, 1.54) is 17.7 Å². The molecule has 9 heteroatoms. The Morgan fingerprint density at radius 2 is 2.11 bits per heavy atom. The van der Waals surface area contributed by atoms with Crippen molar-refractivity contribution in [2.24, 2.45) is 5.16 Å². The standard InChI is InChI=1S/C19H18ClN5O2S/c1-12(13-3-5-14(6-4-13)25-11-21-10-22-25)24(2)19(26)16-9-15(23-27-16)17-7-8-18(20)28-17/h3-8,10-12,16H,9H2,1-2H3. The molecule has 2 aromatic heterocycles. The molecule has 0 fully saturated rings. The van der Waals surface area contributed by atoms with Gasteiger partial charge in [-0.3, -0.25) is 4.79 Å². The normalized spacial score (nSPS) is 17.1. The minimum atomic E-state index is -0.613. The minimum absolute atomic E-state index is 0.103. The van der Waals surface area contributed by atoms with E-state index in [-0.39, 0.29) is 11.9 Å². The molecule has 1 aromatic carbocycles. The van der Waals surface area contributed by atoms with Crippen LogP contribution < -0.4 is 0 Å². The summed E-state index contributed by atoms with van der Waals surface area (Å²) in [5.74, 6) is -0.103. The van der Waals surface area contributed by atoms with Crippen molar-refractivity contribution in [2.45, 2.75) is 25.5 Å². The van der Waals surface area contributed by atoms with Gasteiger partial charge in [-0.15, -0.1) is 11.3 Å². The molecule has 2 unspecified atom stereocenters. The van der Waals surface area contributed by atoms with Crippen LogP contribution in [0.1, 0.15) is 29.8 Å². The first-order valence-corrected chi connectivity index (χ1v) is 9.92. The predicted octanol–water partition coefficient (Wildman–Crippen LogP) is 3.69. The summed E-state index contributed by atoms with van der Waals surface area (Å²) in [6.45, 7) is 1.98. The number of benzene rings is 1. The van der Waals surface area contributed by atoms with Crippen molar-refractivity contribution >= 4 is 34.6 Å². The Kier molecular flexibility index (Phi) is 5.15. The second-order valence-corrected chi connectivity index (χ2v) is 8.21. The highest BCUT2D eigenvalue weighted by atomic mass is 35.5. The smallest absolute Gasteiger partial charge is 0.267 e. The fraction of sp³-hybridized carbons (Fsp3) is 0.263. The lowest BCUT2D eigenvalue weighted by atomic mass is 10.1. The van der Waals surface area contributed by atoms with Crippen LogP contribution in [0.25, 0.3) is 5.69 Å². The predicted molar refractivity (Wildman–Crippen MR) is 108 cm³/mol. The molecule has 0 saturated carbocycles. The van der Waals surface area contributed by atoms with E-state index >= 15 is 0 Å². The van der Waals surface area contributed by atoms with Gasteiger partial charge in [0.05, 0.1) is 20.9 Å². The molecule has 1 amide bonds. The Labute approximate surface area is 171 Å². The van der Waals surface area contributed by atoms with Gasteiger partial charge in [0.1, 0.15) is 18.4 Å². The third-order valence-electron chi connectivity index (χ3n) is 4.79. The number of oxime groups is 1. The molecular formula is C19H18ClN5O2S. The number of hydrogen-bond donors (Lipinski definition) is 0. The molecule has 0 spiro atoms. The number of nitrogens with zero attached hydrogens (tertiary/aromatic N) is 5. The maximum absolute atomic E-state index is 12.9. The van der Waals surface area contributed by atoms with Gasteiger partial charge in [0, 0.05) is 13.5 Å². The summed E-state index contributed by atoms with van der Waals surface area (Å²) in [4.78, 5) is 24.9. The zero-order valence-corrected chi connectivity index (χ0v) is 16.9. The van der Waals surface area contributed by atoms with Gasteiger partial charge in [0.15, 0.2) is 0 Å². The van der Waals surface area contributed by atoms with Crippen LogP contribution >= 0.6 is 22.9 Å². The summed E-state index contributed by atoms with van der Waals surface area (Å²) >= 11 is 7.41. The lowest BCUT2D eigenvalue weighted by molar-refractivity contribution is -0.142. The van der Waals surface area contributed by atoms with Gasteiger partial charge in [0.2, 0.25) is 6.10 Å². The highest BCUT2D eigenvalue weighted by Crippen LogP contribution is 2.28. The number of hydrogen-bond acceptors (Lipinski definition) is 6. The average molecular weight is 416 g/mol. The van der Waals surface area contributed by atoms with Gasteiger partial charge in [-0.1, -0.05) is 28.9 Å². The Morgan fingerprint density at radius 1 is 1.32 bits per heavy atom. The fourth-order valence-electron chi connectivity index (χ4n) is 3.01. The molecule has 0 N–H and O–H groups in total. The molecular weight excluding hydrogens is 398 g/mol. The Balaban J connectivity index is 1.41. The Hall–Kier alpha value is -2.71. The van der Waals surface area contributed by atoms with Gasteiger partial charge in [0.25, 0.3) is 5.91 Å². The van der Waals surface area contributed by atoms with E-state index in [0.29, 0.717) is 10.8 Å². The van der Waals surface area contributed by atoms with Crippen molar-refractivity contribution in [1.29, 1.82) is 0 Å². The molecule has 0 bridgehead atoms. The van der Waals surface area contributed by atoms with Crippen LogP contribution in [0.3, 0.4) is 0 Å². The van der Waals surface area contributed by atoms with Crippen molar-refractivity contribution in [2.75, 3.05) is 7.05 Å². The van der Waals surface area contributed by atoms with E-state index < -0.39 is 6.10 Å². The number of carbonyl (C=O) groups excluding carboxylic acids is 1. The van der Waals surface area contributed by atoms with Crippen molar-refractivity contribution in [3.8, 4) is 5.69 Å². The number of thiophene rings is 1. The van der Waals surface area contributed by atoms with Crippen molar-refractivity contribution in [3.05, 3.63) is 63.8 Å². The quantitative estimate of drug-likeness (QED) is 0.637. The molecule has 0 radical (unpaired) electrons. The molecule has 3 heterocycles. The number of aromatic nitrogens is 3. The van der Waals surface area contributed by atoms with E-state index in [1.807, 2.05) is 43.3 Å². The Morgan fingerprint density at radius 3 is 2.75 bits per heavy atom. The maximum Gasteiger partial charge on any atom is 0.267 e. The van der Waals surface area contributed by atoms with E-state index in [9.17, 15) is 4.79 Å². The molecule has 2 atom stereocenters. The zero-order chi connectivity index (χ0) is 19.7. The van der Waals surface area contributed by atoms with Crippen LogP contribution in [0.5, 0.6) is 0 Å². The summed E-state index contributed by atoms with van der Waals surface area (Å²) in [7, 11) is 1.78. The molecule has 4 rings (SSSR count). The van der Waals surface area contributed by atoms with Crippen LogP contribution in [-0.2, 0) is 9.63 Å².